The standard InChI is InChI=1S/C19H24Cl2N4O2/c1-13-19(21)14(2)25(22-13)11-16(12-26)24-8-6-23(7-9-24)15-4-5-17(20)18(10-15)27-3/h4-5,10,12,16H,6-9,11H2,1-3H3. The number of nitrogens with zero attached hydrogens (tertiary/aromatic N) is 4. The van der Waals surface area contributed by atoms with Crippen LogP contribution in [0.25, 0.3) is 0 Å². The fourth-order valence-electron chi connectivity index (χ4n) is 3.43. The van der Waals surface area contributed by atoms with Gasteiger partial charge in [0.1, 0.15) is 12.0 Å². The van der Waals surface area contributed by atoms with Crippen molar-refractivity contribution in [3.63, 3.8) is 0 Å². The number of aryl methyl sites for hydroxylation is 1. The van der Waals surface area contributed by atoms with E-state index < -0.39 is 0 Å². The number of halogens is 2. The first kappa shape index (κ1) is 20.0. The molecule has 2 aromatic rings. The molecule has 1 atom stereocenters. The molecule has 1 unspecified atom stereocenters. The third-order valence-corrected chi connectivity index (χ3v) is 5.95. The van der Waals surface area contributed by atoms with E-state index in [0.29, 0.717) is 22.3 Å². The number of carbonyl (C=O) groups is 1. The van der Waals surface area contributed by atoms with Crippen LogP contribution in [-0.4, -0.2) is 60.3 Å². The van der Waals surface area contributed by atoms with Gasteiger partial charge in [0.2, 0.25) is 0 Å². The molecule has 6 nitrogen and oxygen atoms in total. The highest BCUT2D eigenvalue weighted by Gasteiger charge is 2.25. The number of ether oxygens (including phenoxy) is 1. The summed E-state index contributed by atoms with van der Waals surface area (Å²) in [4.78, 5) is 16.2. The summed E-state index contributed by atoms with van der Waals surface area (Å²) in [6.45, 7) is 7.55. The van der Waals surface area contributed by atoms with Crippen LogP contribution in [0, 0.1) is 13.8 Å². The summed E-state index contributed by atoms with van der Waals surface area (Å²) in [5.74, 6) is 0.670. The molecule has 8 heteroatoms. The Kier molecular flexibility index (Phi) is 6.29. The molecule has 1 saturated heterocycles. The van der Waals surface area contributed by atoms with Gasteiger partial charge in [-0.2, -0.15) is 5.10 Å². The summed E-state index contributed by atoms with van der Waals surface area (Å²) in [6, 6.07) is 5.58. The molecule has 1 fully saturated rings. The van der Waals surface area contributed by atoms with Crippen LogP contribution in [-0.2, 0) is 11.3 Å². The Balaban J connectivity index is 1.65. The molecule has 1 aromatic heterocycles. The van der Waals surface area contributed by atoms with Crippen LogP contribution in [0.15, 0.2) is 18.2 Å². The summed E-state index contributed by atoms with van der Waals surface area (Å²) in [5, 5.41) is 5.71. The highest BCUT2D eigenvalue weighted by Crippen LogP contribution is 2.30. The van der Waals surface area contributed by atoms with E-state index in [1.165, 1.54) is 0 Å². The third-order valence-electron chi connectivity index (χ3n) is 5.09. The Bertz CT molecular complexity index is 816. The van der Waals surface area contributed by atoms with E-state index in [2.05, 4.69) is 14.9 Å². The van der Waals surface area contributed by atoms with Gasteiger partial charge >= 0.3 is 0 Å². The predicted molar refractivity (Wildman–Crippen MR) is 108 cm³/mol. The number of aldehydes is 1. The second-order valence-corrected chi connectivity index (χ2v) is 7.50. The molecule has 0 saturated carbocycles. The quantitative estimate of drug-likeness (QED) is 0.684. The number of rotatable bonds is 6. The molecule has 0 bridgehead atoms. The van der Waals surface area contributed by atoms with Crippen molar-refractivity contribution in [2.24, 2.45) is 0 Å². The number of piperazine rings is 1. The fraction of sp³-hybridized carbons (Fsp3) is 0.474. The number of hydrogen-bond donors (Lipinski definition) is 0. The minimum absolute atomic E-state index is 0.221. The van der Waals surface area contributed by atoms with Crippen LogP contribution >= 0.6 is 23.2 Å². The maximum atomic E-state index is 11.7. The highest BCUT2D eigenvalue weighted by atomic mass is 35.5. The van der Waals surface area contributed by atoms with Gasteiger partial charge in [-0.15, -0.1) is 0 Å². The van der Waals surface area contributed by atoms with Crippen LogP contribution in [0.1, 0.15) is 11.4 Å². The van der Waals surface area contributed by atoms with Crippen molar-refractivity contribution in [3.8, 4) is 5.75 Å². The van der Waals surface area contributed by atoms with E-state index in [4.69, 9.17) is 27.9 Å². The van der Waals surface area contributed by atoms with E-state index >= 15 is 0 Å². The number of aromatic nitrogens is 2. The molecule has 27 heavy (non-hydrogen) atoms. The Morgan fingerprint density at radius 1 is 1.22 bits per heavy atom. The summed E-state index contributed by atoms with van der Waals surface area (Å²) in [7, 11) is 1.61. The van der Waals surface area contributed by atoms with Gasteiger partial charge in [0.15, 0.2) is 0 Å². The molecule has 1 aliphatic rings. The molecule has 0 amide bonds. The summed E-state index contributed by atoms with van der Waals surface area (Å²) < 4.78 is 7.13. The SMILES string of the molecule is COc1cc(N2CCN(C(C=O)Cn3nc(C)c(Cl)c3C)CC2)ccc1Cl. The smallest absolute Gasteiger partial charge is 0.139 e. The average Bonchev–Trinajstić information content (AvgIpc) is 2.93. The van der Waals surface area contributed by atoms with Crippen molar-refractivity contribution in [2.75, 3.05) is 38.2 Å². The van der Waals surface area contributed by atoms with Crippen LogP contribution in [0.5, 0.6) is 5.75 Å². The second-order valence-electron chi connectivity index (χ2n) is 6.71. The lowest BCUT2D eigenvalue weighted by atomic mass is 10.2. The topological polar surface area (TPSA) is 50.6 Å². The monoisotopic (exact) mass is 410 g/mol. The molecule has 146 valence electrons. The van der Waals surface area contributed by atoms with Gasteiger partial charge in [-0.1, -0.05) is 23.2 Å². The van der Waals surface area contributed by atoms with E-state index in [1.807, 2.05) is 36.7 Å². The minimum atomic E-state index is -0.221. The molecular weight excluding hydrogens is 387 g/mol. The first-order valence-electron chi connectivity index (χ1n) is 8.92. The van der Waals surface area contributed by atoms with Gasteiger partial charge in [0.25, 0.3) is 0 Å². The average molecular weight is 411 g/mol. The lowest BCUT2D eigenvalue weighted by molar-refractivity contribution is -0.113. The number of carbonyl (C=O) groups excluding carboxylic acids is 1. The molecule has 0 N–H and O–H groups in total. The third kappa shape index (κ3) is 4.23. The zero-order valence-electron chi connectivity index (χ0n) is 15.8. The van der Waals surface area contributed by atoms with Crippen molar-refractivity contribution in [3.05, 3.63) is 39.6 Å². The molecule has 0 spiro atoms. The molecule has 1 aromatic carbocycles. The van der Waals surface area contributed by atoms with E-state index in [-0.39, 0.29) is 6.04 Å². The van der Waals surface area contributed by atoms with Gasteiger partial charge in [-0.25, -0.2) is 0 Å². The molecule has 1 aliphatic heterocycles. The van der Waals surface area contributed by atoms with E-state index in [0.717, 1.165) is 49.5 Å². The molecule has 0 radical (unpaired) electrons. The van der Waals surface area contributed by atoms with Gasteiger partial charge < -0.3 is 14.4 Å². The number of benzene rings is 1. The first-order chi connectivity index (χ1) is 12.9. The van der Waals surface area contributed by atoms with Crippen molar-refractivity contribution in [1.82, 2.24) is 14.7 Å². The molecule has 2 heterocycles. The van der Waals surface area contributed by atoms with Crippen LogP contribution < -0.4 is 9.64 Å². The maximum absolute atomic E-state index is 11.7. The largest absolute Gasteiger partial charge is 0.495 e. The summed E-state index contributed by atoms with van der Waals surface area (Å²) in [6.07, 6.45) is 1.01. The Morgan fingerprint density at radius 3 is 2.48 bits per heavy atom. The lowest BCUT2D eigenvalue weighted by Gasteiger charge is -2.38. The second kappa shape index (κ2) is 8.50. The molecular formula is C19H24Cl2N4O2. The zero-order chi connectivity index (χ0) is 19.6. The van der Waals surface area contributed by atoms with Crippen molar-refractivity contribution in [1.29, 1.82) is 0 Å². The van der Waals surface area contributed by atoms with Crippen molar-refractivity contribution >= 4 is 35.2 Å². The Morgan fingerprint density at radius 2 is 1.93 bits per heavy atom. The van der Waals surface area contributed by atoms with Gasteiger partial charge in [-0.05, 0) is 26.0 Å². The van der Waals surface area contributed by atoms with Crippen molar-refractivity contribution < 1.29 is 9.53 Å². The maximum Gasteiger partial charge on any atom is 0.139 e. The Labute approximate surface area is 169 Å². The molecule has 0 aliphatic carbocycles. The number of methoxy groups -OCH3 is 1. The summed E-state index contributed by atoms with van der Waals surface area (Å²) >= 11 is 12.3. The molecule has 3 rings (SSSR count). The first-order valence-corrected chi connectivity index (χ1v) is 9.67. The highest BCUT2D eigenvalue weighted by molar-refractivity contribution is 6.32. The van der Waals surface area contributed by atoms with Gasteiger partial charge in [0, 0.05) is 37.9 Å². The number of anilines is 1. The number of hydrogen-bond acceptors (Lipinski definition) is 5. The minimum Gasteiger partial charge on any atom is -0.495 e. The zero-order valence-corrected chi connectivity index (χ0v) is 17.3. The van der Waals surface area contributed by atoms with E-state index in [1.54, 1.807) is 7.11 Å². The van der Waals surface area contributed by atoms with E-state index in [9.17, 15) is 4.79 Å². The summed E-state index contributed by atoms with van der Waals surface area (Å²) in [5.41, 5.74) is 2.76. The van der Waals surface area contributed by atoms with Crippen molar-refractivity contribution in [2.45, 2.75) is 26.4 Å². The van der Waals surface area contributed by atoms with Crippen LogP contribution in [0.4, 0.5) is 5.69 Å². The van der Waals surface area contributed by atoms with Gasteiger partial charge in [0.05, 0.1) is 41.1 Å². The van der Waals surface area contributed by atoms with Crippen LogP contribution in [0.3, 0.4) is 0 Å². The fourth-order valence-corrected chi connectivity index (χ4v) is 3.76. The van der Waals surface area contributed by atoms with Crippen LogP contribution in [0.2, 0.25) is 10.0 Å². The normalized spacial score (nSPS) is 16.4. The lowest BCUT2D eigenvalue weighted by Crippen LogP contribution is -2.52. The van der Waals surface area contributed by atoms with Gasteiger partial charge in [-0.3, -0.25) is 9.58 Å². The predicted octanol–water partition coefficient (Wildman–Crippen LogP) is 3.21. The Hall–Kier alpha value is -1.76.